The molecule has 0 aliphatic rings. The second-order valence-corrected chi connectivity index (χ2v) is 7.12. The first-order valence-corrected chi connectivity index (χ1v) is 8.85. The van der Waals surface area contributed by atoms with Crippen molar-refractivity contribution in [2.45, 2.75) is 26.3 Å². The molecule has 0 aliphatic carbocycles. The van der Waals surface area contributed by atoms with E-state index in [9.17, 15) is 8.42 Å². The summed E-state index contributed by atoms with van der Waals surface area (Å²) >= 11 is 5.56. The number of unbranched alkanes of at least 4 members (excludes halogenated alkanes) is 1. The van der Waals surface area contributed by atoms with Gasteiger partial charge >= 0.3 is 0 Å². The molecule has 4 nitrogen and oxygen atoms in total. The van der Waals surface area contributed by atoms with Gasteiger partial charge in [0.2, 0.25) is 10.0 Å². The summed E-state index contributed by atoms with van der Waals surface area (Å²) in [6, 6.07) is 7.48. The van der Waals surface area contributed by atoms with E-state index in [0.717, 1.165) is 17.7 Å². The van der Waals surface area contributed by atoms with Gasteiger partial charge in [-0.2, -0.15) is 0 Å². The molecule has 0 fully saturated rings. The average Bonchev–Trinajstić information content (AvgIpc) is 2.41. The Bertz CT molecular complexity index is 488. The largest absolute Gasteiger partial charge is 0.494 e. The number of halogens is 1. The molecule has 20 heavy (non-hydrogen) atoms. The summed E-state index contributed by atoms with van der Waals surface area (Å²) in [5, 5.41) is 0. The maximum Gasteiger partial charge on any atom is 0.214 e. The summed E-state index contributed by atoms with van der Waals surface area (Å²) in [6.07, 6.45) is 1.32. The molecule has 0 N–H and O–H groups in total. The lowest BCUT2D eigenvalue weighted by Crippen LogP contribution is -2.28. The Balaban J connectivity index is 2.58. The fourth-order valence-electron chi connectivity index (χ4n) is 1.75. The molecule has 0 saturated heterocycles. The minimum Gasteiger partial charge on any atom is -0.494 e. The Kier molecular flexibility index (Phi) is 7.34. The molecule has 0 radical (unpaired) electrons. The fourth-order valence-corrected chi connectivity index (χ4v) is 3.16. The first-order valence-electron chi connectivity index (χ1n) is 6.71. The van der Waals surface area contributed by atoms with Crippen LogP contribution in [0.3, 0.4) is 0 Å². The van der Waals surface area contributed by atoms with Crippen LogP contribution in [0.2, 0.25) is 0 Å². The van der Waals surface area contributed by atoms with Crippen molar-refractivity contribution in [3.8, 4) is 5.75 Å². The van der Waals surface area contributed by atoms with Gasteiger partial charge in [-0.05, 0) is 37.5 Å². The first-order chi connectivity index (χ1) is 9.49. The summed E-state index contributed by atoms with van der Waals surface area (Å²) in [4.78, 5) is 0. The lowest BCUT2D eigenvalue weighted by atomic mass is 10.2. The average molecular weight is 320 g/mol. The number of ether oxygens (including phenoxy) is 1. The van der Waals surface area contributed by atoms with E-state index in [-0.39, 0.29) is 5.75 Å². The molecule has 0 amide bonds. The lowest BCUT2D eigenvalue weighted by Gasteiger charge is -2.17. The van der Waals surface area contributed by atoms with Crippen molar-refractivity contribution in [3.63, 3.8) is 0 Å². The SMILES string of the molecule is CCOc1ccc(CN(C)S(=O)(=O)CCCCCl)cc1. The van der Waals surface area contributed by atoms with Crippen molar-refractivity contribution in [2.75, 3.05) is 25.3 Å². The van der Waals surface area contributed by atoms with Crippen molar-refractivity contribution in [2.24, 2.45) is 0 Å². The highest BCUT2D eigenvalue weighted by Crippen LogP contribution is 2.15. The predicted octanol–water partition coefficient (Wildman–Crippen LogP) is 2.87. The highest BCUT2D eigenvalue weighted by molar-refractivity contribution is 7.89. The molecule has 0 saturated carbocycles. The van der Waals surface area contributed by atoms with Crippen LogP contribution >= 0.6 is 11.6 Å². The third-order valence-corrected chi connectivity index (χ3v) is 5.05. The highest BCUT2D eigenvalue weighted by atomic mass is 35.5. The zero-order valence-corrected chi connectivity index (χ0v) is 13.6. The van der Waals surface area contributed by atoms with Crippen LogP contribution in [0, 0.1) is 0 Å². The zero-order chi connectivity index (χ0) is 15.0. The Morgan fingerprint density at radius 1 is 1.20 bits per heavy atom. The Hall–Kier alpha value is -0.780. The van der Waals surface area contributed by atoms with Crippen LogP contribution in [0.4, 0.5) is 0 Å². The molecule has 0 heterocycles. The molecular weight excluding hydrogens is 298 g/mol. The number of hydrogen-bond donors (Lipinski definition) is 0. The standard InChI is InChI=1S/C14H22ClNO3S/c1-3-19-14-8-6-13(7-9-14)12-16(2)20(17,18)11-5-4-10-15/h6-9H,3-5,10-12H2,1-2H3. The van der Waals surface area contributed by atoms with Crippen LogP contribution in [0.1, 0.15) is 25.3 Å². The summed E-state index contributed by atoms with van der Waals surface area (Å²) in [6.45, 7) is 2.92. The zero-order valence-electron chi connectivity index (χ0n) is 12.0. The highest BCUT2D eigenvalue weighted by Gasteiger charge is 2.17. The van der Waals surface area contributed by atoms with Gasteiger partial charge in [0.05, 0.1) is 12.4 Å². The van der Waals surface area contributed by atoms with E-state index in [2.05, 4.69) is 0 Å². The third kappa shape index (κ3) is 5.69. The van der Waals surface area contributed by atoms with E-state index in [1.165, 1.54) is 4.31 Å². The molecule has 1 aromatic carbocycles. The van der Waals surface area contributed by atoms with Crippen molar-refractivity contribution in [1.82, 2.24) is 4.31 Å². The second-order valence-electron chi connectivity index (χ2n) is 4.55. The van der Waals surface area contributed by atoms with Crippen LogP contribution in [0.15, 0.2) is 24.3 Å². The monoisotopic (exact) mass is 319 g/mol. The van der Waals surface area contributed by atoms with Gasteiger partial charge < -0.3 is 4.74 Å². The summed E-state index contributed by atoms with van der Waals surface area (Å²) in [7, 11) is -1.60. The maximum atomic E-state index is 12.0. The van der Waals surface area contributed by atoms with Gasteiger partial charge in [-0.15, -0.1) is 11.6 Å². The van der Waals surface area contributed by atoms with E-state index >= 15 is 0 Å². The van der Waals surface area contributed by atoms with Gasteiger partial charge in [0.1, 0.15) is 5.75 Å². The normalized spacial score (nSPS) is 11.8. The minimum atomic E-state index is -3.21. The number of nitrogens with zero attached hydrogens (tertiary/aromatic N) is 1. The number of benzene rings is 1. The molecule has 1 rings (SSSR count). The molecule has 0 bridgehead atoms. The van der Waals surface area contributed by atoms with E-state index < -0.39 is 10.0 Å². The topological polar surface area (TPSA) is 46.6 Å². The van der Waals surface area contributed by atoms with Gasteiger partial charge in [-0.1, -0.05) is 12.1 Å². The molecule has 0 aromatic heterocycles. The number of alkyl halides is 1. The van der Waals surface area contributed by atoms with Crippen LogP contribution in [-0.2, 0) is 16.6 Å². The van der Waals surface area contributed by atoms with Gasteiger partial charge in [-0.25, -0.2) is 12.7 Å². The molecule has 0 aliphatic heterocycles. The molecule has 1 aromatic rings. The number of sulfonamides is 1. The van der Waals surface area contributed by atoms with Crippen LogP contribution in [-0.4, -0.2) is 38.0 Å². The molecule has 114 valence electrons. The lowest BCUT2D eigenvalue weighted by molar-refractivity contribution is 0.340. The number of rotatable bonds is 9. The summed E-state index contributed by atoms with van der Waals surface area (Å²) in [5.74, 6) is 1.44. The predicted molar refractivity (Wildman–Crippen MR) is 82.8 cm³/mol. The molecule has 0 spiro atoms. The van der Waals surface area contributed by atoms with E-state index in [4.69, 9.17) is 16.3 Å². The van der Waals surface area contributed by atoms with Gasteiger partial charge in [0, 0.05) is 19.5 Å². The summed E-state index contributed by atoms with van der Waals surface area (Å²) < 4.78 is 30.8. The van der Waals surface area contributed by atoms with Crippen molar-refractivity contribution in [1.29, 1.82) is 0 Å². The third-order valence-electron chi connectivity index (χ3n) is 2.90. The Labute approximate surface area is 126 Å². The van der Waals surface area contributed by atoms with E-state index in [1.54, 1.807) is 7.05 Å². The quantitative estimate of drug-likeness (QED) is 0.519. The van der Waals surface area contributed by atoms with Crippen LogP contribution in [0.25, 0.3) is 0 Å². The van der Waals surface area contributed by atoms with E-state index in [0.29, 0.717) is 25.5 Å². The van der Waals surface area contributed by atoms with Gasteiger partial charge in [0.15, 0.2) is 0 Å². The smallest absolute Gasteiger partial charge is 0.214 e. The molecule has 0 atom stereocenters. The molecule has 6 heteroatoms. The van der Waals surface area contributed by atoms with Gasteiger partial charge in [-0.3, -0.25) is 0 Å². The first kappa shape index (κ1) is 17.3. The Morgan fingerprint density at radius 3 is 2.40 bits per heavy atom. The minimum absolute atomic E-state index is 0.146. The van der Waals surface area contributed by atoms with Gasteiger partial charge in [0.25, 0.3) is 0 Å². The van der Waals surface area contributed by atoms with Crippen LogP contribution in [0.5, 0.6) is 5.75 Å². The second kappa shape index (κ2) is 8.49. The maximum absolute atomic E-state index is 12.0. The fraction of sp³-hybridized carbons (Fsp3) is 0.571. The van der Waals surface area contributed by atoms with Crippen molar-refractivity contribution in [3.05, 3.63) is 29.8 Å². The van der Waals surface area contributed by atoms with Crippen LogP contribution < -0.4 is 4.74 Å². The van der Waals surface area contributed by atoms with Crippen molar-refractivity contribution < 1.29 is 13.2 Å². The molecule has 0 unspecified atom stereocenters. The molecular formula is C14H22ClNO3S. The van der Waals surface area contributed by atoms with E-state index in [1.807, 2.05) is 31.2 Å². The number of hydrogen-bond acceptors (Lipinski definition) is 3. The summed E-state index contributed by atoms with van der Waals surface area (Å²) in [5.41, 5.74) is 0.942. The Morgan fingerprint density at radius 2 is 1.85 bits per heavy atom. The van der Waals surface area contributed by atoms with Crippen molar-refractivity contribution >= 4 is 21.6 Å².